The molecule has 12 rings (SSSR count). The van der Waals surface area contributed by atoms with E-state index in [1.807, 2.05) is 47.7 Å². The molecule has 0 spiro atoms. The van der Waals surface area contributed by atoms with Crippen LogP contribution in [0.2, 0.25) is 0 Å². The van der Waals surface area contributed by atoms with E-state index < -0.39 is 0 Å². The molecule has 272 valence electrons. The normalized spacial score (nSPS) is 11.9. The zero-order valence-corrected chi connectivity index (χ0v) is 31.9. The second-order valence-electron chi connectivity index (χ2n) is 14.7. The Kier molecular flexibility index (Phi) is 7.40. The van der Waals surface area contributed by atoms with E-state index in [0.717, 1.165) is 66.7 Å². The summed E-state index contributed by atoms with van der Waals surface area (Å²) in [6.07, 6.45) is 0.572. The fourth-order valence-corrected chi connectivity index (χ4v) is 9.88. The number of hydrogen-bond donors (Lipinski definition) is 0. The summed E-state index contributed by atoms with van der Waals surface area (Å²) >= 11 is 1.83. The monoisotopic (exact) mass is 760 g/mol. The lowest BCUT2D eigenvalue weighted by atomic mass is 9.96. The summed E-state index contributed by atoms with van der Waals surface area (Å²) in [5.41, 5.74) is 10.5. The molecule has 5 nitrogen and oxygen atoms in total. The fourth-order valence-electron chi connectivity index (χ4n) is 8.75. The zero-order valence-electron chi connectivity index (χ0n) is 31.1. The van der Waals surface area contributed by atoms with Gasteiger partial charge in [-0.05, 0) is 59.2 Å². The van der Waals surface area contributed by atoms with Crippen molar-refractivity contribution in [3.63, 3.8) is 0 Å². The summed E-state index contributed by atoms with van der Waals surface area (Å²) < 4.78 is 11.7. The molecule has 4 aromatic heterocycles. The van der Waals surface area contributed by atoms with Crippen LogP contribution in [0.25, 0.3) is 104 Å². The molecule has 0 atom stereocenters. The van der Waals surface area contributed by atoms with Crippen LogP contribution in [0.3, 0.4) is 0 Å². The lowest BCUT2D eigenvalue weighted by molar-refractivity contribution is 0.666. The van der Waals surface area contributed by atoms with E-state index in [1.165, 1.54) is 36.5 Å². The Labute approximate surface area is 337 Å². The van der Waals surface area contributed by atoms with Gasteiger partial charge < -0.3 is 8.98 Å². The number of para-hydroxylation sites is 3. The average molecular weight is 761 g/mol. The Bertz CT molecular complexity index is 3440. The predicted molar refractivity (Wildman–Crippen MR) is 240 cm³/mol. The highest BCUT2D eigenvalue weighted by atomic mass is 32.1. The molecule has 0 saturated heterocycles. The Balaban J connectivity index is 1.01. The summed E-state index contributed by atoms with van der Waals surface area (Å²) in [5, 5.41) is 7.14. The third-order valence-corrected chi connectivity index (χ3v) is 12.4. The number of nitrogens with zero attached hydrogens (tertiary/aromatic N) is 4. The van der Waals surface area contributed by atoms with Gasteiger partial charge in [-0.25, -0.2) is 15.0 Å². The molecule has 0 aliphatic carbocycles. The molecule has 0 saturated carbocycles. The Hall–Kier alpha value is -7.41. The van der Waals surface area contributed by atoms with E-state index in [-0.39, 0.29) is 0 Å². The number of fused-ring (bicyclic) bond motifs is 9. The highest BCUT2D eigenvalue weighted by Gasteiger charge is 2.20. The molecule has 4 heterocycles. The predicted octanol–water partition coefficient (Wildman–Crippen LogP) is 13.8. The van der Waals surface area contributed by atoms with Crippen molar-refractivity contribution in [2.45, 2.75) is 6.42 Å². The molecule has 0 N–H and O–H groups in total. The zero-order chi connectivity index (χ0) is 38.2. The summed E-state index contributed by atoms with van der Waals surface area (Å²) in [5.74, 6) is 2.09. The Morgan fingerprint density at radius 1 is 0.466 bits per heavy atom. The molecular weight excluding hydrogens is 729 g/mol. The van der Waals surface area contributed by atoms with Crippen LogP contribution in [0.5, 0.6) is 0 Å². The van der Waals surface area contributed by atoms with Gasteiger partial charge in [-0.3, -0.25) is 0 Å². The van der Waals surface area contributed by atoms with Gasteiger partial charge >= 0.3 is 0 Å². The minimum absolute atomic E-state index is 0.572. The van der Waals surface area contributed by atoms with Crippen LogP contribution in [0.4, 0.5) is 0 Å². The number of furan rings is 1. The standard InChI is InChI=1S/C52H32N4OS/c1-3-14-32(15-4-1)51-53-47(54-52(55-51)33-16-5-2-6-17-33)31-35-18-11-27-46-48(35)40-30-34(28-29-45(40)58-46)36-21-13-26-44-49(36)39-22-12-25-43(50(39)57-44)56-41-23-9-7-19-37(41)38-20-8-10-24-42(38)56/h1-30H,31H2. The van der Waals surface area contributed by atoms with Crippen LogP contribution in [0.1, 0.15) is 11.4 Å². The summed E-state index contributed by atoms with van der Waals surface area (Å²) in [4.78, 5) is 15.0. The van der Waals surface area contributed by atoms with E-state index in [0.29, 0.717) is 18.1 Å². The minimum Gasteiger partial charge on any atom is -0.454 e. The van der Waals surface area contributed by atoms with E-state index in [4.69, 9.17) is 19.4 Å². The smallest absolute Gasteiger partial charge is 0.163 e. The van der Waals surface area contributed by atoms with Crippen LogP contribution in [0.15, 0.2) is 186 Å². The van der Waals surface area contributed by atoms with Crippen molar-refractivity contribution in [1.82, 2.24) is 19.5 Å². The van der Waals surface area contributed by atoms with Gasteiger partial charge in [0.25, 0.3) is 0 Å². The van der Waals surface area contributed by atoms with Gasteiger partial charge in [-0.15, -0.1) is 11.3 Å². The van der Waals surface area contributed by atoms with E-state index in [1.54, 1.807) is 0 Å². The molecule has 0 fully saturated rings. The lowest BCUT2D eigenvalue weighted by Gasteiger charge is -2.10. The average Bonchev–Trinajstić information content (AvgIpc) is 3.97. The number of benzene rings is 8. The van der Waals surface area contributed by atoms with Crippen LogP contribution >= 0.6 is 11.3 Å². The molecule has 0 aliphatic rings. The van der Waals surface area contributed by atoms with Gasteiger partial charge in [0.1, 0.15) is 11.4 Å². The Morgan fingerprint density at radius 2 is 1.10 bits per heavy atom. The largest absolute Gasteiger partial charge is 0.454 e. The van der Waals surface area contributed by atoms with E-state index in [9.17, 15) is 0 Å². The highest BCUT2D eigenvalue weighted by Crippen LogP contribution is 2.44. The van der Waals surface area contributed by atoms with Crippen molar-refractivity contribution in [3.8, 4) is 39.6 Å². The SMILES string of the molecule is c1ccc(-c2nc(Cc3cccc4sc5ccc(-c6cccc7oc8c(-n9c%10ccccc%10c%10ccccc%109)cccc8c67)cc5c34)nc(-c3ccccc3)n2)cc1. The molecular formula is C52H32N4OS. The topological polar surface area (TPSA) is 56.7 Å². The maximum Gasteiger partial charge on any atom is 0.163 e. The summed E-state index contributed by atoms with van der Waals surface area (Å²) in [6, 6.07) is 64.0. The molecule has 0 amide bonds. The summed E-state index contributed by atoms with van der Waals surface area (Å²) in [6.45, 7) is 0. The maximum atomic E-state index is 6.84. The van der Waals surface area contributed by atoms with Crippen LogP contribution in [0, 0.1) is 0 Å². The van der Waals surface area contributed by atoms with Gasteiger partial charge in [0.2, 0.25) is 0 Å². The van der Waals surface area contributed by atoms with Gasteiger partial charge in [0.05, 0.1) is 16.7 Å². The van der Waals surface area contributed by atoms with Crippen molar-refractivity contribution in [2.24, 2.45) is 0 Å². The molecule has 0 unspecified atom stereocenters. The van der Waals surface area contributed by atoms with Gasteiger partial charge in [-0.2, -0.15) is 0 Å². The quantitative estimate of drug-likeness (QED) is 0.169. The number of hydrogen-bond acceptors (Lipinski definition) is 5. The fraction of sp³-hybridized carbons (Fsp3) is 0.0192. The van der Waals surface area contributed by atoms with Crippen LogP contribution in [-0.2, 0) is 6.42 Å². The Morgan fingerprint density at radius 3 is 1.83 bits per heavy atom. The first kappa shape index (κ1) is 32.8. The first-order valence-corrected chi connectivity index (χ1v) is 20.3. The molecule has 12 aromatic rings. The van der Waals surface area contributed by atoms with Gasteiger partial charge in [-0.1, -0.05) is 140 Å². The summed E-state index contributed by atoms with van der Waals surface area (Å²) in [7, 11) is 0. The van der Waals surface area contributed by atoms with E-state index in [2.05, 4.69) is 150 Å². The molecule has 58 heavy (non-hydrogen) atoms. The molecule has 0 aliphatic heterocycles. The highest BCUT2D eigenvalue weighted by molar-refractivity contribution is 7.25. The molecule has 6 heteroatoms. The van der Waals surface area contributed by atoms with Crippen LogP contribution in [-0.4, -0.2) is 19.5 Å². The van der Waals surface area contributed by atoms with Crippen molar-refractivity contribution in [3.05, 3.63) is 193 Å². The van der Waals surface area contributed by atoms with E-state index >= 15 is 0 Å². The van der Waals surface area contributed by atoms with Crippen molar-refractivity contribution < 1.29 is 4.42 Å². The lowest BCUT2D eigenvalue weighted by Crippen LogP contribution is -2.04. The third kappa shape index (κ3) is 5.19. The van der Waals surface area contributed by atoms with Crippen molar-refractivity contribution >= 4 is 75.3 Å². The second-order valence-corrected chi connectivity index (χ2v) is 15.8. The van der Waals surface area contributed by atoms with Crippen molar-refractivity contribution in [1.29, 1.82) is 0 Å². The number of thiophene rings is 1. The second kappa shape index (κ2) is 13.1. The number of aromatic nitrogens is 4. The van der Waals surface area contributed by atoms with Crippen LogP contribution < -0.4 is 0 Å². The van der Waals surface area contributed by atoms with Crippen molar-refractivity contribution in [2.75, 3.05) is 0 Å². The molecule has 8 aromatic carbocycles. The first-order valence-electron chi connectivity index (χ1n) is 19.5. The third-order valence-electron chi connectivity index (χ3n) is 11.3. The van der Waals surface area contributed by atoms with Gasteiger partial charge in [0, 0.05) is 59.3 Å². The molecule has 0 radical (unpaired) electrons. The van der Waals surface area contributed by atoms with Gasteiger partial charge in [0.15, 0.2) is 17.2 Å². The first-order chi connectivity index (χ1) is 28.7. The maximum absolute atomic E-state index is 6.84. The minimum atomic E-state index is 0.572. The number of rotatable bonds is 6. The molecule has 0 bridgehead atoms.